The van der Waals surface area contributed by atoms with Crippen molar-refractivity contribution in [2.45, 2.75) is 33.6 Å². The molecule has 1 aliphatic rings. The fraction of sp³-hybridized carbons (Fsp3) is 0.500. The Bertz CT molecular complexity index is 362. The van der Waals surface area contributed by atoms with Crippen molar-refractivity contribution in [3.05, 3.63) is 41.7 Å². The van der Waals surface area contributed by atoms with Gasteiger partial charge in [-0.25, -0.2) is 0 Å². The molecule has 0 N–H and O–H groups in total. The molecule has 0 unspecified atom stereocenters. The number of rotatable bonds is 2. The van der Waals surface area contributed by atoms with Gasteiger partial charge >= 0.3 is 0 Å². The second-order valence-electron chi connectivity index (χ2n) is 5.07. The van der Waals surface area contributed by atoms with Crippen molar-refractivity contribution >= 4 is 0 Å². The first-order chi connectivity index (χ1) is 7.10. The van der Waals surface area contributed by atoms with Crippen molar-refractivity contribution in [1.29, 1.82) is 0 Å². The lowest BCUT2D eigenvalue weighted by Gasteiger charge is -2.29. The van der Waals surface area contributed by atoms with Gasteiger partial charge < -0.3 is 0 Å². The van der Waals surface area contributed by atoms with Crippen molar-refractivity contribution in [1.82, 2.24) is 4.98 Å². The predicted octanol–water partition coefficient (Wildman–Crippen LogP) is 3.62. The smallest absolute Gasteiger partial charge is 0.0406 e. The van der Waals surface area contributed by atoms with Gasteiger partial charge in [0.25, 0.3) is 0 Å². The van der Waals surface area contributed by atoms with E-state index >= 15 is 0 Å². The zero-order valence-electron chi connectivity index (χ0n) is 9.83. The minimum atomic E-state index is 0.345. The van der Waals surface area contributed by atoms with Gasteiger partial charge in [-0.3, -0.25) is 4.98 Å². The van der Waals surface area contributed by atoms with Gasteiger partial charge in [-0.15, -0.1) is 0 Å². The Hall–Kier alpha value is -1.11. The van der Waals surface area contributed by atoms with E-state index in [0.29, 0.717) is 11.3 Å². The molecule has 1 aromatic rings. The molecular formula is C14H19N. The molecule has 0 radical (unpaired) electrons. The van der Waals surface area contributed by atoms with Crippen molar-refractivity contribution in [2.24, 2.45) is 11.3 Å². The highest BCUT2D eigenvalue weighted by atomic mass is 14.7. The molecule has 1 aromatic heterocycles. The van der Waals surface area contributed by atoms with E-state index in [1.165, 1.54) is 17.7 Å². The molecule has 1 atom stereocenters. The molecular weight excluding hydrogens is 182 g/mol. The Morgan fingerprint density at radius 1 is 1.40 bits per heavy atom. The van der Waals surface area contributed by atoms with Gasteiger partial charge in [0.2, 0.25) is 0 Å². The highest BCUT2D eigenvalue weighted by molar-refractivity contribution is 5.20. The van der Waals surface area contributed by atoms with Crippen LogP contribution in [0.2, 0.25) is 0 Å². The molecule has 2 rings (SSSR count). The predicted molar refractivity (Wildman–Crippen MR) is 63.6 cm³/mol. The number of pyridine rings is 1. The molecule has 0 aromatic carbocycles. The average Bonchev–Trinajstić information content (AvgIpc) is 2.47. The fourth-order valence-electron chi connectivity index (χ4n) is 2.31. The largest absolute Gasteiger partial charge is 0.261 e. The highest BCUT2D eigenvalue weighted by Gasteiger charge is 2.34. The van der Waals surface area contributed by atoms with E-state index in [2.05, 4.69) is 44.0 Å². The summed E-state index contributed by atoms with van der Waals surface area (Å²) in [4.78, 5) is 4.41. The molecule has 0 spiro atoms. The summed E-state index contributed by atoms with van der Waals surface area (Å²) in [7, 11) is 0. The maximum atomic E-state index is 4.41. The van der Waals surface area contributed by atoms with Crippen molar-refractivity contribution in [2.75, 3.05) is 0 Å². The minimum absolute atomic E-state index is 0.345. The minimum Gasteiger partial charge on any atom is -0.261 e. The molecule has 1 nitrogen and oxygen atoms in total. The third-order valence-corrected chi connectivity index (χ3v) is 3.93. The molecule has 1 heterocycles. The standard InChI is InChI=1S/C14H19N/c1-11-7-8-12(14(11,2)3)10-13-6-4-5-9-15-13/h4-7,9,12H,8,10H2,1-3H3/t12-/m0/s1. The highest BCUT2D eigenvalue weighted by Crippen LogP contribution is 2.44. The number of nitrogens with zero attached hydrogens (tertiary/aromatic N) is 1. The monoisotopic (exact) mass is 201 g/mol. The maximum absolute atomic E-state index is 4.41. The Kier molecular flexibility index (Phi) is 2.64. The number of allylic oxidation sites excluding steroid dienone is 2. The van der Waals surface area contributed by atoms with Crippen LogP contribution >= 0.6 is 0 Å². The number of hydrogen-bond donors (Lipinski definition) is 0. The normalized spacial score (nSPS) is 23.9. The van der Waals surface area contributed by atoms with E-state index in [9.17, 15) is 0 Å². The summed E-state index contributed by atoms with van der Waals surface area (Å²) >= 11 is 0. The molecule has 80 valence electrons. The van der Waals surface area contributed by atoms with Gasteiger partial charge in [0.1, 0.15) is 0 Å². The van der Waals surface area contributed by atoms with E-state index in [1.54, 1.807) is 0 Å². The molecule has 0 bridgehead atoms. The first-order valence-corrected chi connectivity index (χ1v) is 5.68. The van der Waals surface area contributed by atoms with Crippen LogP contribution in [0.25, 0.3) is 0 Å². The summed E-state index contributed by atoms with van der Waals surface area (Å²) in [5.74, 6) is 0.715. The summed E-state index contributed by atoms with van der Waals surface area (Å²) < 4.78 is 0. The van der Waals surface area contributed by atoms with E-state index < -0.39 is 0 Å². The van der Waals surface area contributed by atoms with Crippen LogP contribution in [0.4, 0.5) is 0 Å². The maximum Gasteiger partial charge on any atom is 0.0406 e. The Labute approximate surface area is 92.2 Å². The summed E-state index contributed by atoms with van der Waals surface area (Å²) in [5.41, 5.74) is 3.10. The van der Waals surface area contributed by atoms with Crippen molar-refractivity contribution in [3.8, 4) is 0 Å². The molecule has 0 aliphatic heterocycles. The molecule has 0 fully saturated rings. The third kappa shape index (κ3) is 1.97. The molecule has 15 heavy (non-hydrogen) atoms. The molecule has 0 amide bonds. The molecule has 0 saturated heterocycles. The van der Waals surface area contributed by atoms with E-state index in [-0.39, 0.29) is 0 Å². The second-order valence-corrected chi connectivity index (χ2v) is 5.07. The molecule has 1 aliphatic carbocycles. The third-order valence-electron chi connectivity index (χ3n) is 3.93. The van der Waals surface area contributed by atoms with Gasteiger partial charge in [-0.05, 0) is 43.2 Å². The lowest BCUT2D eigenvalue weighted by molar-refractivity contribution is 0.288. The van der Waals surface area contributed by atoms with Crippen molar-refractivity contribution < 1.29 is 0 Å². The molecule has 0 saturated carbocycles. The van der Waals surface area contributed by atoms with Crippen LogP contribution in [-0.4, -0.2) is 4.98 Å². The SMILES string of the molecule is CC1=CC[C@@H](Cc2ccccn2)C1(C)C. The lowest BCUT2D eigenvalue weighted by Crippen LogP contribution is -2.22. The Morgan fingerprint density at radius 2 is 2.20 bits per heavy atom. The topological polar surface area (TPSA) is 12.9 Å². The van der Waals surface area contributed by atoms with Crippen LogP contribution in [0.1, 0.15) is 32.9 Å². The van der Waals surface area contributed by atoms with Gasteiger partial charge in [0, 0.05) is 11.9 Å². The van der Waals surface area contributed by atoms with Crippen molar-refractivity contribution in [3.63, 3.8) is 0 Å². The number of aromatic nitrogens is 1. The van der Waals surface area contributed by atoms with Crippen LogP contribution in [0.5, 0.6) is 0 Å². The van der Waals surface area contributed by atoms with Gasteiger partial charge in [-0.2, -0.15) is 0 Å². The number of hydrogen-bond acceptors (Lipinski definition) is 1. The summed E-state index contributed by atoms with van der Waals surface area (Å²) in [5, 5.41) is 0. The average molecular weight is 201 g/mol. The van der Waals surface area contributed by atoms with Gasteiger partial charge in [-0.1, -0.05) is 31.6 Å². The molecule has 1 heteroatoms. The van der Waals surface area contributed by atoms with Gasteiger partial charge in [0.05, 0.1) is 0 Å². The van der Waals surface area contributed by atoms with Crippen LogP contribution in [0.15, 0.2) is 36.0 Å². The summed E-state index contributed by atoms with van der Waals surface area (Å²) in [6, 6.07) is 6.18. The van der Waals surface area contributed by atoms with Crippen LogP contribution in [0.3, 0.4) is 0 Å². The van der Waals surface area contributed by atoms with E-state index in [4.69, 9.17) is 0 Å². The van der Waals surface area contributed by atoms with Crippen LogP contribution in [0, 0.1) is 11.3 Å². The lowest BCUT2D eigenvalue weighted by atomic mass is 9.75. The fourth-order valence-corrected chi connectivity index (χ4v) is 2.31. The summed E-state index contributed by atoms with van der Waals surface area (Å²) in [6.07, 6.45) is 6.57. The zero-order chi connectivity index (χ0) is 10.9. The van der Waals surface area contributed by atoms with Crippen LogP contribution in [-0.2, 0) is 6.42 Å². The van der Waals surface area contributed by atoms with Gasteiger partial charge in [0.15, 0.2) is 0 Å². The second kappa shape index (κ2) is 3.80. The first kappa shape index (κ1) is 10.4. The van der Waals surface area contributed by atoms with E-state index in [0.717, 1.165) is 6.42 Å². The Balaban J connectivity index is 2.10. The van der Waals surface area contributed by atoms with Crippen LogP contribution < -0.4 is 0 Å². The van der Waals surface area contributed by atoms with E-state index in [1.807, 2.05) is 12.3 Å². The first-order valence-electron chi connectivity index (χ1n) is 5.68. The Morgan fingerprint density at radius 3 is 2.73 bits per heavy atom. The quantitative estimate of drug-likeness (QED) is 0.666. The zero-order valence-corrected chi connectivity index (χ0v) is 9.83. The summed E-state index contributed by atoms with van der Waals surface area (Å²) in [6.45, 7) is 6.94.